The number of hydrogen-bond acceptors (Lipinski definition) is 2. The zero-order chi connectivity index (χ0) is 11.7. The molecule has 0 radical (unpaired) electrons. The van der Waals surface area contributed by atoms with Crippen LogP contribution in [0.3, 0.4) is 0 Å². The van der Waals surface area contributed by atoms with Crippen molar-refractivity contribution >= 4 is 5.69 Å². The summed E-state index contributed by atoms with van der Waals surface area (Å²) in [7, 11) is 1.74. The lowest BCUT2D eigenvalue weighted by atomic mass is 10.2. The third kappa shape index (κ3) is 1.99. The minimum absolute atomic E-state index is 0.225. The summed E-state index contributed by atoms with van der Waals surface area (Å²) in [6.45, 7) is 0.738. The van der Waals surface area contributed by atoms with Crippen LogP contribution in [0.1, 0.15) is 18.4 Å². The van der Waals surface area contributed by atoms with Crippen LogP contribution in [0.5, 0.6) is 0 Å². The van der Waals surface area contributed by atoms with Gasteiger partial charge in [0, 0.05) is 13.6 Å². The molecule has 0 unspecified atom stereocenters. The lowest BCUT2D eigenvalue weighted by Crippen LogP contribution is -2.21. The van der Waals surface area contributed by atoms with Crippen LogP contribution in [0, 0.1) is 28.9 Å². The molecule has 1 aromatic rings. The van der Waals surface area contributed by atoms with Crippen molar-refractivity contribution in [2.45, 2.75) is 12.8 Å². The van der Waals surface area contributed by atoms with Gasteiger partial charge in [0.25, 0.3) is 0 Å². The van der Waals surface area contributed by atoms with Gasteiger partial charge < -0.3 is 4.90 Å². The van der Waals surface area contributed by atoms with E-state index in [2.05, 4.69) is 0 Å². The molecule has 0 aliphatic heterocycles. The minimum atomic E-state index is -1.05. The van der Waals surface area contributed by atoms with Crippen molar-refractivity contribution < 1.29 is 8.78 Å². The topological polar surface area (TPSA) is 27.0 Å². The van der Waals surface area contributed by atoms with Crippen molar-refractivity contribution in [1.29, 1.82) is 5.26 Å². The summed E-state index contributed by atoms with van der Waals surface area (Å²) in [6, 6.07) is 4.40. The molecule has 0 atom stereocenters. The van der Waals surface area contributed by atoms with Crippen LogP contribution in [0.4, 0.5) is 14.5 Å². The van der Waals surface area contributed by atoms with Gasteiger partial charge in [-0.1, -0.05) is 0 Å². The predicted octanol–water partition coefficient (Wildman–Crippen LogP) is 2.68. The van der Waals surface area contributed by atoms with Gasteiger partial charge in [0.15, 0.2) is 11.6 Å². The fraction of sp³-hybridized carbons (Fsp3) is 0.417. The average molecular weight is 222 g/mol. The van der Waals surface area contributed by atoms with Crippen LogP contribution in [-0.4, -0.2) is 13.6 Å². The lowest BCUT2D eigenvalue weighted by molar-refractivity contribution is 0.504. The van der Waals surface area contributed by atoms with Crippen LogP contribution >= 0.6 is 0 Å². The van der Waals surface area contributed by atoms with Gasteiger partial charge >= 0.3 is 0 Å². The Morgan fingerprint density at radius 1 is 1.38 bits per heavy atom. The number of anilines is 1. The first-order valence-corrected chi connectivity index (χ1v) is 5.22. The van der Waals surface area contributed by atoms with E-state index in [0.717, 1.165) is 19.4 Å². The second kappa shape index (κ2) is 4.09. The molecule has 0 heterocycles. The van der Waals surface area contributed by atoms with Crippen LogP contribution in [0.2, 0.25) is 0 Å². The summed E-state index contributed by atoms with van der Waals surface area (Å²) in [5.74, 6) is -1.38. The fourth-order valence-electron chi connectivity index (χ4n) is 1.71. The van der Waals surface area contributed by atoms with Crippen molar-refractivity contribution in [3.63, 3.8) is 0 Å². The van der Waals surface area contributed by atoms with Gasteiger partial charge in [-0.15, -0.1) is 0 Å². The molecule has 0 bridgehead atoms. The zero-order valence-electron chi connectivity index (χ0n) is 9.00. The summed E-state index contributed by atoms with van der Waals surface area (Å²) in [4.78, 5) is 1.71. The largest absolute Gasteiger partial charge is 0.372 e. The van der Waals surface area contributed by atoms with Crippen LogP contribution < -0.4 is 4.90 Å². The normalized spacial score (nSPS) is 14.6. The van der Waals surface area contributed by atoms with E-state index in [1.165, 1.54) is 12.1 Å². The van der Waals surface area contributed by atoms with E-state index in [1.807, 2.05) is 0 Å². The molecule has 1 aliphatic carbocycles. The maximum atomic E-state index is 13.6. The molecule has 2 rings (SSSR count). The molecule has 0 saturated heterocycles. The molecular weight excluding hydrogens is 210 g/mol. The molecule has 2 nitrogen and oxygen atoms in total. The number of hydrogen-bond donors (Lipinski definition) is 0. The Kier molecular flexibility index (Phi) is 2.78. The molecule has 0 amide bonds. The van der Waals surface area contributed by atoms with Crippen molar-refractivity contribution in [2.24, 2.45) is 5.92 Å². The SMILES string of the molecule is CN(CC1CC1)c1ccc(C#N)c(F)c1F. The molecule has 1 fully saturated rings. The molecular formula is C12H12F2N2. The second-order valence-corrected chi connectivity index (χ2v) is 4.20. The molecule has 0 N–H and O–H groups in total. The standard InChI is InChI=1S/C12H12F2N2/c1-16(7-8-2-3-8)10-5-4-9(6-15)11(13)12(10)14/h4-5,8H,2-3,7H2,1H3. The summed E-state index contributed by atoms with van der Waals surface area (Å²) in [5.41, 5.74) is -0.0236. The smallest absolute Gasteiger partial charge is 0.183 e. The van der Waals surface area contributed by atoms with E-state index in [1.54, 1.807) is 18.0 Å². The van der Waals surface area contributed by atoms with Gasteiger partial charge in [-0.3, -0.25) is 0 Å². The Morgan fingerprint density at radius 2 is 2.06 bits per heavy atom. The van der Waals surface area contributed by atoms with Gasteiger partial charge in [-0.25, -0.2) is 8.78 Å². The highest BCUT2D eigenvalue weighted by Crippen LogP contribution is 2.32. The first-order chi connectivity index (χ1) is 7.63. The Bertz CT molecular complexity index is 447. The molecule has 84 valence electrons. The fourth-order valence-corrected chi connectivity index (χ4v) is 1.71. The third-order valence-electron chi connectivity index (χ3n) is 2.82. The third-order valence-corrected chi connectivity index (χ3v) is 2.82. The minimum Gasteiger partial charge on any atom is -0.372 e. The van der Waals surface area contributed by atoms with Gasteiger partial charge in [0.1, 0.15) is 6.07 Å². The lowest BCUT2D eigenvalue weighted by Gasteiger charge is -2.19. The van der Waals surface area contributed by atoms with E-state index in [-0.39, 0.29) is 11.3 Å². The maximum Gasteiger partial charge on any atom is 0.183 e. The first-order valence-electron chi connectivity index (χ1n) is 5.22. The quantitative estimate of drug-likeness (QED) is 0.786. The van der Waals surface area contributed by atoms with Crippen LogP contribution in [0.15, 0.2) is 12.1 Å². The Hall–Kier alpha value is -1.63. The van der Waals surface area contributed by atoms with Gasteiger partial charge in [0.2, 0.25) is 0 Å². The summed E-state index contributed by atoms with van der Waals surface area (Å²) < 4.78 is 27.0. The van der Waals surface area contributed by atoms with E-state index < -0.39 is 11.6 Å². The van der Waals surface area contributed by atoms with Crippen LogP contribution in [0.25, 0.3) is 0 Å². The second-order valence-electron chi connectivity index (χ2n) is 4.20. The number of nitrogens with zero attached hydrogens (tertiary/aromatic N) is 2. The molecule has 1 aromatic carbocycles. The van der Waals surface area contributed by atoms with E-state index >= 15 is 0 Å². The average Bonchev–Trinajstić information content (AvgIpc) is 3.05. The molecule has 1 aliphatic rings. The maximum absolute atomic E-state index is 13.6. The number of rotatable bonds is 3. The van der Waals surface area contributed by atoms with Gasteiger partial charge in [0.05, 0.1) is 11.3 Å². The monoisotopic (exact) mass is 222 g/mol. The van der Waals surface area contributed by atoms with E-state index in [9.17, 15) is 8.78 Å². The Morgan fingerprint density at radius 3 is 2.62 bits per heavy atom. The predicted molar refractivity (Wildman–Crippen MR) is 57.1 cm³/mol. The molecule has 0 aromatic heterocycles. The molecule has 4 heteroatoms. The zero-order valence-corrected chi connectivity index (χ0v) is 9.00. The van der Waals surface area contributed by atoms with Crippen molar-refractivity contribution in [2.75, 3.05) is 18.5 Å². The molecule has 0 spiro atoms. The highest BCUT2D eigenvalue weighted by atomic mass is 19.2. The van der Waals surface area contributed by atoms with Crippen molar-refractivity contribution in [3.8, 4) is 6.07 Å². The summed E-state index contributed by atoms with van der Waals surface area (Å²) >= 11 is 0. The van der Waals surface area contributed by atoms with Gasteiger partial charge in [-0.05, 0) is 30.9 Å². The Labute approximate surface area is 93.1 Å². The van der Waals surface area contributed by atoms with E-state index in [0.29, 0.717) is 5.92 Å². The van der Waals surface area contributed by atoms with Crippen molar-refractivity contribution in [3.05, 3.63) is 29.3 Å². The summed E-state index contributed by atoms with van der Waals surface area (Å²) in [6.07, 6.45) is 2.31. The summed E-state index contributed by atoms with van der Waals surface area (Å²) in [5, 5.41) is 8.56. The number of nitriles is 1. The first kappa shape index (κ1) is 10.9. The van der Waals surface area contributed by atoms with Gasteiger partial charge in [-0.2, -0.15) is 5.26 Å². The molecule has 1 saturated carbocycles. The van der Waals surface area contributed by atoms with Crippen molar-refractivity contribution in [1.82, 2.24) is 0 Å². The van der Waals surface area contributed by atoms with E-state index in [4.69, 9.17) is 5.26 Å². The number of halogens is 2. The van der Waals surface area contributed by atoms with Crippen LogP contribution in [-0.2, 0) is 0 Å². The highest BCUT2D eigenvalue weighted by molar-refractivity contribution is 5.51. The molecule has 16 heavy (non-hydrogen) atoms. The number of benzene rings is 1. The highest BCUT2D eigenvalue weighted by Gasteiger charge is 2.25. The Balaban J connectivity index is 2.27.